The lowest BCUT2D eigenvalue weighted by Gasteiger charge is -1.93. The summed E-state index contributed by atoms with van der Waals surface area (Å²) in [4.78, 5) is 11.9. The van der Waals surface area contributed by atoms with E-state index in [0.717, 1.165) is 36.3 Å². The van der Waals surface area contributed by atoms with E-state index in [2.05, 4.69) is 15.0 Å². The van der Waals surface area contributed by atoms with Crippen LogP contribution in [0.2, 0.25) is 0 Å². The lowest BCUT2D eigenvalue weighted by Crippen LogP contribution is -1.90. The molecule has 0 spiro atoms. The number of pyridine rings is 1. The van der Waals surface area contributed by atoms with Gasteiger partial charge in [0.05, 0.1) is 5.52 Å². The Labute approximate surface area is 88.4 Å². The third-order valence-electron chi connectivity index (χ3n) is 2.47. The molecule has 80 valence electrons. The van der Waals surface area contributed by atoms with Crippen molar-refractivity contribution in [2.75, 3.05) is 6.61 Å². The van der Waals surface area contributed by atoms with Crippen molar-refractivity contribution in [2.45, 2.75) is 26.2 Å². The highest BCUT2D eigenvalue weighted by Gasteiger charge is 2.04. The van der Waals surface area contributed by atoms with Crippen molar-refractivity contribution in [3.8, 4) is 0 Å². The predicted octanol–water partition coefficient (Wildman–Crippen LogP) is 1.58. The first-order valence-corrected chi connectivity index (χ1v) is 5.22. The number of aromatic nitrogens is 3. The SMILES string of the molecule is Cc1ccnc2nc(CCCCO)[nH]c12. The number of fused-ring (bicyclic) bond motifs is 1. The normalized spacial score (nSPS) is 11.1. The van der Waals surface area contributed by atoms with Crippen molar-refractivity contribution in [1.29, 1.82) is 0 Å². The van der Waals surface area contributed by atoms with E-state index in [0.29, 0.717) is 0 Å². The second-order valence-corrected chi connectivity index (χ2v) is 3.69. The molecule has 0 bridgehead atoms. The van der Waals surface area contributed by atoms with Crippen molar-refractivity contribution in [3.63, 3.8) is 0 Å². The van der Waals surface area contributed by atoms with Gasteiger partial charge in [0.15, 0.2) is 5.65 Å². The van der Waals surface area contributed by atoms with Crippen molar-refractivity contribution in [2.24, 2.45) is 0 Å². The number of imidazole rings is 1. The Balaban J connectivity index is 2.20. The van der Waals surface area contributed by atoms with Crippen LogP contribution in [0.3, 0.4) is 0 Å². The van der Waals surface area contributed by atoms with E-state index >= 15 is 0 Å². The molecule has 0 aliphatic carbocycles. The zero-order chi connectivity index (χ0) is 10.7. The molecule has 2 N–H and O–H groups in total. The quantitative estimate of drug-likeness (QED) is 0.745. The highest BCUT2D eigenvalue weighted by Crippen LogP contribution is 2.13. The van der Waals surface area contributed by atoms with Gasteiger partial charge in [-0.2, -0.15) is 0 Å². The third-order valence-corrected chi connectivity index (χ3v) is 2.47. The summed E-state index contributed by atoms with van der Waals surface area (Å²) < 4.78 is 0. The first-order valence-electron chi connectivity index (χ1n) is 5.22. The molecule has 0 aliphatic rings. The highest BCUT2D eigenvalue weighted by molar-refractivity contribution is 5.74. The number of aliphatic hydroxyl groups excluding tert-OH is 1. The minimum atomic E-state index is 0.248. The van der Waals surface area contributed by atoms with Crippen molar-refractivity contribution in [3.05, 3.63) is 23.7 Å². The summed E-state index contributed by atoms with van der Waals surface area (Å²) in [7, 11) is 0. The number of hydrogen-bond acceptors (Lipinski definition) is 3. The van der Waals surface area contributed by atoms with Crippen LogP contribution in [0.1, 0.15) is 24.2 Å². The summed E-state index contributed by atoms with van der Waals surface area (Å²) in [5, 5.41) is 8.69. The van der Waals surface area contributed by atoms with Crippen molar-refractivity contribution < 1.29 is 5.11 Å². The van der Waals surface area contributed by atoms with Gasteiger partial charge in [-0.1, -0.05) is 0 Å². The fourth-order valence-corrected chi connectivity index (χ4v) is 1.61. The van der Waals surface area contributed by atoms with E-state index in [1.807, 2.05) is 13.0 Å². The zero-order valence-corrected chi connectivity index (χ0v) is 8.82. The lowest BCUT2D eigenvalue weighted by molar-refractivity contribution is 0.284. The number of aliphatic hydroxyl groups is 1. The number of nitrogens with zero attached hydrogens (tertiary/aromatic N) is 2. The molecular formula is C11H15N3O. The second kappa shape index (κ2) is 4.40. The van der Waals surface area contributed by atoms with Gasteiger partial charge < -0.3 is 10.1 Å². The molecule has 0 unspecified atom stereocenters. The molecule has 0 saturated heterocycles. The standard InChI is InChI=1S/C11H15N3O/c1-8-5-6-12-11-10(8)13-9(14-11)4-2-3-7-15/h5-6,15H,2-4,7H2,1H3,(H,12,13,14). The van der Waals surface area contributed by atoms with E-state index < -0.39 is 0 Å². The second-order valence-electron chi connectivity index (χ2n) is 3.69. The Morgan fingerprint density at radius 2 is 2.27 bits per heavy atom. The van der Waals surface area contributed by atoms with Gasteiger partial charge in [-0.3, -0.25) is 0 Å². The van der Waals surface area contributed by atoms with Gasteiger partial charge in [-0.15, -0.1) is 0 Å². The van der Waals surface area contributed by atoms with Crippen LogP contribution < -0.4 is 0 Å². The predicted molar refractivity (Wildman–Crippen MR) is 58.6 cm³/mol. The smallest absolute Gasteiger partial charge is 0.177 e. The molecule has 2 rings (SSSR count). The maximum absolute atomic E-state index is 8.69. The molecular weight excluding hydrogens is 190 g/mol. The first kappa shape index (κ1) is 10.1. The molecule has 2 aromatic rings. The van der Waals surface area contributed by atoms with Crippen molar-refractivity contribution in [1.82, 2.24) is 15.0 Å². The fourth-order valence-electron chi connectivity index (χ4n) is 1.61. The van der Waals surface area contributed by atoms with Gasteiger partial charge in [0, 0.05) is 19.2 Å². The molecule has 15 heavy (non-hydrogen) atoms. The molecule has 0 radical (unpaired) electrons. The summed E-state index contributed by atoms with van der Waals surface area (Å²) in [6, 6.07) is 1.97. The van der Waals surface area contributed by atoms with Crippen molar-refractivity contribution >= 4 is 11.2 Å². The zero-order valence-electron chi connectivity index (χ0n) is 8.82. The van der Waals surface area contributed by atoms with Crippen LogP contribution in [0, 0.1) is 6.92 Å². The van der Waals surface area contributed by atoms with E-state index in [4.69, 9.17) is 5.11 Å². The van der Waals surface area contributed by atoms with Gasteiger partial charge >= 0.3 is 0 Å². The number of unbranched alkanes of at least 4 members (excludes halogenated alkanes) is 1. The summed E-state index contributed by atoms with van der Waals surface area (Å²) >= 11 is 0. The Hall–Kier alpha value is -1.42. The Bertz CT molecular complexity index is 450. The number of aromatic amines is 1. The molecule has 0 amide bonds. The highest BCUT2D eigenvalue weighted by atomic mass is 16.2. The van der Waals surface area contributed by atoms with E-state index in [9.17, 15) is 0 Å². The average molecular weight is 205 g/mol. The van der Waals surface area contributed by atoms with Gasteiger partial charge in [-0.25, -0.2) is 9.97 Å². The topological polar surface area (TPSA) is 61.8 Å². The molecule has 4 heteroatoms. The first-order chi connectivity index (χ1) is 7.31. The number of aryl methyl sites for hydroxylation is 2. The van der Waals surface area contributed by atoms with Crippen LogP contribution in [0.4, 0.5) is 0 Å². The van der Waals surface area contributed by atoms with Gasteiger partial charge in [0.1, 0.15) is 5.82 Å². The minimum Gasteiger partial charge on any atom is -0.396 e. The molecule has 2 aromatic heterocycles. The van der Waals surface area contributed by atoms with Crippen LogP contribution in [-0.2, 0) is 6.42 Å². The minimum absolute atomic E-state index is 0.248. The number of nitrogens with one attached hydrogen (secondary N) is 1. The van der Waals surface area contributed by atoms with Gasteiger partial charge in [0.25, 0.3) is 0 Å². The van der Waals surface area contributed by atoms with Crippen LogP contribution in [0.5, 0.6) is 0 Å². The van der Waals surface area contributed by atoms with E-state index in [1.165, 1.54) is 5.56 Å². The molecule has 0 saturated carbocycles. The van der Waals surface area contributed by atoms with Crippen LogP contribution >= 0.6 is 0 Å². The molecule has 0 fully saturated rings. The maximum Gasteiger partial charge on any atom is 0.177 e. The summed E-state index contributed by atoms with van der Waals surface area (Å²) in [5.74, 6) is 0.959. The van der Waals surface area contributed by atoms with Crippen LogP contribution in [0.15, 0.2) is 12.3 Å². The Morgan fingerprint density at radius 1 is 1.40 bits per heavy atom. The monoisotopic (exact) mass is 205 g/mol. The lowest BCUT2D eigenvalue weighted by atomic mass is 10.2. The largest absolute Gasteiger partial charge is 0.396 e. The molecule has 0 aliphatic heterocycles. The van der Waals surface area contributed by atoms with Crippen LogP contribution in [0.25, 0.3) is 11.2 Å². The molecule has 2 heterocycles. The molecule has 0 aromatic carbocycles. The summed E-state index contributed by atoms with van der Waals surface area (Å²) in [6.45, 7) is 2.29. The summed E-state index contributed by atoms with van der Waals surface area (Å²) in [5.41, 5.74) is 2.98. The Kier molecular flexibility index (Phi) is 2.97. The average Bonchev–Trinajstić information content (AvgIpc) is 2.63. The number of hydrogen-bond donors (Lipinski definition) is 2. The number of rotatable bonds is 4. The molecule has 4 nitrogen and oxygen atoms in total. The summed E-state index contributed by atoms with van der Waals surface area (Å²) in [6.07, 6.45) is 4.42. The van der Waals surface area contributed by atoms with Gasteiger partial charge in [0.2, 0.25) is 0 Å². The van der Waals surface area contributed by atoms with Crippen LogP contribution in [-0.4, -0.2) is 26.7 Å². The fraction of sp³-hybridized carbons (Fsp3) is 0.455. The number of H-pyrrole nitrogens is 1. The third kappa shape index (κ3) is 2.15. The Morgan fingerprint density at radius 3 is 3.00 bits per heavy atom. The van der Waals surface area contributed by atoms with E-state index in [1.54, 1.807) is 6.20 Å². The molecule has 0 atom stereocenters. The van der Waals surface area contributed by atoms with Gasteiger partial charge in [-0.05, 0) is 31.4 Å². The van der Waals surface area contributed by atoms with E-state index in [-0.39, 0.29) is 6.61 Å². The maximum atomic E-state index is 8.69.